The maximum atomic E-state index is 12.0. The summed E-state index contributed by atoms with van der Waals surface area (Å²) in [5.41, 5.74) is 2.81. The Labute approximate surface area is 168 Å². The van der Waals surface area contributed by atoms with Crippen LogP contribution >= 0.6 is 0 Å². The van der Waals surface area contributed by atoms with Gasteiger partial charge in [0.1, 0.15) is 0 Å². The third-order valence-electron chi connectivity index (χ3n) is 3.86. The molecule has 146 valence electrons. The summed E-state index contributed by atoms with van der Waals surface area (Å²) in [6.45, 7) is 0.230. The zero-order chi connectivity index (χ0) is 20.3. The summed E-state index contributed by atoms with van der Waals surface area (Å²) in [5.74, 6) is -0.191. The van der Waals surface area contributed by atoms with Crippen molar-refractivity contribution in [1.29, 1.82) is 0 Å². The average molecular weight is 387 g/mol. The number of amides is 3. The lowest BCUT2D eigenvalue weighted by Crippen LogP contribution is -2.31. The summed E-state index contributed by atoms with van der Waals surface area (Å²) in [7, 11) is 0. The van der Waals surface area contributed by atoms with Crippen molar-refractivity contribution in [2.24, 2.45) is 10.2 Å². The molecule has 0 bridgehead atoms. The Morgan fingerprint density at radius 2 is 1.21 bits per heavy atom. The van der Waals surface area contributed by atoms with Crippen molar-refractivity contribution in [3.05, 3.63) is 84.9 Å². The molecule has 0 spiro atoms. The first-order valence-electron chi connectivity index (χ1n) is 9.16. The number of azo groups is 1. The third-order valence-corrected chi connectivity index (χ3v) is 3.86. The monoisotopic (exact) mass is 387 g/mol. The Balaban J connectivity index is 1.40. The summed E-state index contributed by atoms with van der Waals surface area (Å²) < 4.78 is 0. The highest BCUT2D eigenvalue weighted by atomic mass is 16.2. The zero-order valence-corrected chi connectivity index (χ0v) is 15.7. The Kier molecular flexibility index (Phi) is 7.06. The highest BCUT2D eigenvalue weighted by molar-refractivity contribution is 5.92. The van der Waals surface area contributed by atoms with Gasteiger partial charge in [0.15, 0.2) is 0 Å². The number of nitrogens with zero attached hydrogens (tertiary/aromatic N) is 2. The van der Waals surface area contributed by atoms with Gasteiger partial charge in [-0.3, -0.25) is 4.79 Å². The van der Waals surface area contributed by atoms with Gasteiger partial charge in [0.25, 0.3) is 0 Å². The van der Waals surface area contributed by atoms with Gasteiger partial charge in [0, 0.05) is 24.3 Å². The minimum absolute atomic E-state index is 0.164. The van der Waals surface area contributed by atoms with Gasteiger partial charge in [-0.05, 0) is 48.5 Å². The van der Waals surface area contributed by atoms with Crippen LogP contribution < -0.4 is 16.0 Å². The van der Waals surface area contributed by atoms with E-state index in [0.29, 0.717) is 17.1 Å². The molecule has 3 aromatic carbocycles. The summed E-state index contributed by atoms with van der Waals surface area (Å²) in [6.07, 6.45) is 0.164. The molecule has 0 aliphatic heterocycles. The molecule has 7 nitrogen and oxygen atoms in total. The number of carbonyl (C=O) groups excluding carboxylic acids is 2. The molecule has 0 heterocycles. The van der Waals surface area contributed by atoms with Crippen LogP contribution in [0.3, 0.4) is 0 Å². The van der Waals surface area contributed by atoms with Crippen LogP contribution in [0.5, 0.6) is 0 Å². The number of para-hydroxylation sites is 1. The lowest BCUT2D eigenvalue weighted by atomic mass is 10.2. The number of hydrogen-bond acceptors (Lipinski definition) is 4. The molecule has 0 atom stereocenters. The number of anilines is 2. The standard InChI is InChI=1S/C22H21N5O2/c28-21(15-16-23-22(29)25-17-7-3-1-4-8-17)24-18-11-13-20(14-12-18)27-26-19-9-5-2-6-10-19/h1-14H,15-16H2,(H,24,28)(H2,23,25,29). The first-order valence-corrected chi connectivity index (χ1v) is 9.16. The van der Waals surface area contributed by atoms with Gasteiger partial charge in [-0.25, -0.2) is 4.79 Å². The van der Waals surface area contributed by atoms with Crippen molar-refractivity contribution in [2.75, 3.05) is 17.2 Å². The van der Waals surface area contributed by atoms with Gasteiger partial charge in [0.05, 0.1) is 11.4 Å². The second kappa shape index (κ2) is 10.4. The minimum Gasteiger partial charge on any atom is -0.337 e. The minimum atomic E-state index is -0.350. The molecule has 3 amide bonds. The van der Waals surface area contributed by atoms with E-state index in [1.165, 1.54) is 0 Å². The van der Waals surface area contributed by atoms with Crippen LogP contribution in [0.4, 0.5) is 27.5 Å². The molecule has 3 rings (SSSR count). The van der Waals surface area contributed by atoms with Crippen molar-refractivity contribution in [3.8, 4) is 0 Å². The Morgan fingerprint density at radius 3 is 1.86 bits per heavy atom. The molecule has 0 saturated carbocycles. The van der Waals surface area contributed by atoms with Gasteiger partial charge < -0.3 is 16.0 Å². The second-order valence-electron chi connectivity index (χ2n) is 6.13. The van der Waals surface area contributed by atoms with Crippen LogP contribution in [-0.4, -0.2) is 18.5 Å². The molecule has 0 fully saturated rings. The SMILES string of the molecule is O=C(CCNC(=O)Nc1ccccc1)Nc1ccc(N=Nc2ccccc2)cc1. The largest absolute Gasteiger partial charge is 0.337 e. The van der Waals surface area contributed by atoms with Crippen LogP contribution in [-0.2, 0) is 4.79 Å². The molecule has 0 saturated heterocycles. The number of hydrogen-bond donors (Lipinski definition) is 3. The molecular formula is C22H21N5O2. The van der Waals surface area contributed by atoms with Gasteiger partial charge in [-0.1, -0.05) is 36.4 Å². The Morgan fingerprint density at radius 1 is 0.655 bits per heavy atom. The first kappa shape index (κ1) is 19.8. The summed E-state index contributed by atoms with van der Waals surface area (Å²) in [6, 6.07) is 25.3. The number of urea groups is 1. The highest BCUT2D eigenvalue weighted by Crippen LogP contribution is 2.20. The van der Waals surface area contributed by atoms with E-state index in [4.69, 9.17) is 0 Å². The molecule has 0 aliphatic rings. The van der Waals surface area contributed by atoms with Crippen molar-refractivity contribution < 1.29 is 9.59 Å². The number of rotatable bonds is 7. The third kappa shape index (κ3) is 6.91. The van der Waals surface area contributed by atoms with Crippen LogP contribution in [0, 0.1) is 0 Å². The average Bonchev–Trinajstić information content (AvgIpc) is 2.75. The van der Waals surface area contributed by atoms with Crippen LogP contribution in [0.1, 0.15) is 6.42 Å². The van der Waals surface area contributed by atoms with Crippen molar-refractivity contribution in [3.63, 3.8) is 0 Å². The van der Waals surface area contributed by atoms with E-state index in [1.807, 2.05) is 48.5 Å². The van der Waals surface area contributed by atoms with Crippen LogP contribution in [0.25, 0.3) is 0 Å². The van der Waals surface area contributed by atoms with E-state index < -0.39 is 0 Å². The fourth-order valence-electron chi connectivity index (χ4n) is 2.43. The van der Waals surface area contributed by atoms with Crippen LogP contribution in [0.2, 0.25) is 0 Å². The Hall–Kier alpha value is -4.00. The molecule has 29 heavy (non-hydrogen) atoms. The molecule has 0 unspecified atom stereocenters. The van der Waals surface area contributed by atoms with Gasteiger partial charge in [-0.15, -0.1) is 0 Å². The lowest BCUT2D eigenvalue weighted by molar-refractivity contribution is -0.116. The van der Waals surface area contributed by atoms with Crippen LogP contribution in [0.15, 0.2) is 95.2 Å². The van der Waals surface area contributed by atoms with E-state index in [1.54, 1.807) is 36.4 Å². The van der Waals surface area contributed by atoms with E-state index in [2.05, 4.69) is 26.2 Å². The lowest BCUT2D eigenvalue weighted by Gasteiger charge is -2.08. The number of carbonyl (C=O) groups is 2. The maximum Gasteiger partial charge on any atom is 0.319 e. The molecule has 0 radical (unpaired) electrons. The van der Waals surface area contributed by atoms with Gasteiger partial charge >= 0.3 is 6.03 Å². The van der Waals surface area contributed by atoms with E-state index >= 15 is 0 Å². The number of nitrogens with one attached hydrogen (secondary N) is 3. The summed E-state index contributed by atoms with van der Waals surface area (Å²) in [5, 5.41) is 16.4. The zero-order valence-electron chi connectivity index (χ0n) is 15.7. The molecule has 0 aliphatic carbocycles. The fraction of sp³-hybridized carbons (Fsp3) is 0.0909. The quantitative estimate of drug-likeness (QED) is 0.483. The fourth-order valence-corrected chi connectivity index (χ4v) is 2.43. The maximum absolute atomic E-state index is 12.0. The van der Waals surface area contributed by atoms with Crippen molar-refractivity contribution >= 4 is 34.7 Å². The predicted octanol–water partition coefficient (Wildman–Crippen LogP) is 5.25. The number of benzene rings is 3. The second-order valence-corrected chi connectivity index (χ2v) is 6.13. The Bertz CT molecular complexity index is 958. The summed E-state index contributed by atoms with van der Waals surface area (Å²) >= 11 is 0. The summed E-state index contributed by atoms with van der Waals surface area (Å²) in [4.78, 5) is 23.8. The van der Waals surface area contributed by atoms with E-state index in [0.717, 1.165) is 5.69 Å². The molecule has 3 aromatic rings. The van der Waals surface area contributed by atoms with Crippen molar-refractivity contribution in [1.82, 2.24) is 5.32 Å². The smallest absolute Gasteiger partial charge is 0.319 e. The molecule has 0 aromatic heterocycles. The van der Waals surface area contributed by atoms with E-state index in [-0.39, 0.29) is 24.9 Å². The molecule has 3 N–H and O–H groups in total. The topological polar surface area (TPSA) is 95.0 Å². The highest BCUT2D eigenvalue weighted by Gasteiger charge is 2.05. The van der Waals surface area contributed by atoms with Gasteiger partial charge in [0.2, 0.25) is 5.91 Å². The van der Waals surface area contributed by atoms with E-state index in [9.17, 15) is 9.59 Å². The first-order chi connectivity index (χ1) is 14.2. The molecular weight excluding hydrogens is 366 g/mol. The normalized spacial score (nSPS) is 10.5. The molecule has 7 heteroatoms. The predicted molar refractivity (Wildman–Crippen MR) is 114 cm³/mol. The van der Waals surface area contributed by atoms with Gasteiger partial charge in [-0.2, -0.15) is 10.2 Å². The van der Waals surface area contributed by atoms with Crippen molar-refractivity contribution in [2.45, 2.75) is 6.42 Å².